The first-order chi connectivity index (χ1) is 16.4. The molecule has 3 rings (SSSR count). The second kappa shape index (κ2) is 14.2. The van der Waals surface area contributed by atoms with Gasteiger partial charge in [-0.25, -0.2) is 0 Å². The Morgan fingerprint density at radius 1 is 0.706 bits per heavy atom. The smallest absolute Gasteiger partial charge is 0.308 e. The van der Waals surface area contributed by atoms with E-state index in [1.165, 1.54) is 19.9 Å². The second-order valence-corrected chi connectivity index (χ2v) is 7.26. The SMILES string of the molecule is CC(=O)Oc1ccc(CCC(=O)OCc2ccccc2)cc1OC(C)=O.OCc1ccccc1. The molecule has 0 saturated carbocycles. The van der Waals surface area contributed by atoms with Gasteiger partial charge in [0.2, 0.25) is 0 Å². The summed E-state index contributed by atoms with van der Waals surface area (Å²) in [7, 11) is 0. The summed E-state index contributed by atoms with van der Waals surface area (Å²) in [6.07, 6.45) is 0.585. The second-order valence-electron chi connectivity index (χ2n) is 7.26. The Hall–Kier alpha value is -3.97. The monoisotopic (exact) mass is 464 g/mol. The van der Waals surface area contributed by atoms with Crippen LogP contribution >= 0.6 is 0 Å². The lowest BCUT2D eigenvalue weighted by Crippen LogP contribution is -2.08. The van der Waals surface area contributed by atoms with E-state index in [-0.39, 0.29) is 37.1 Å². The van der Waals surface area contributed by atoms with Gasteiger partial charge in [-0.05, 0) is 35.2 Å². The van der Waals surface area contributed by atoms with Crippen molar-refractivity contribution in [1.82, 2.24) is 0 Å². The molecule has 0 heterocycles. The molecule has 0 spiro atoms. The van der Waals surface area contributed by atoms with E-state index in [0.29, 0.717) is 6.42 Å². The predicted molar refractivity (Wildman–Crippen MR) is 126 cm³/mol. The lowest BCUT2D eigenvalue weighted by atomic mass is 10.1. The van der Waals surface area contributed by atoms with Crippen molar-refractivity contribution in [1.29, 1.82) is 0 Å². The van der Waals surface area contributed by atoms with E-state index in [0.717, 1.165) is 16.7 Å². The summed E-state index contributed by atoms with van der Waals surface area (Å²) in [5.74, 6) is -1.08. The maximum absolute atomic E-state index is 11.9. The molecule has 0 atom stereocenters. The van der Waals surface area contributed by atoms with Crippen LogP contribution in [0.4, 0.5) is 0 Å². The number of hydrogen-bond acceptors (Lipinski definition) is 7. The Kier molecular flexibility index (Phi) is 11.0. The topological polar surface area (TPSA) is 99.1 Å². The van der Waals surface area contributed by atoms with Crippen LogP contribution in [0.25, 0.3) is 0 Å². The minimum absolute atomic E-state index is 0.140. The Morgan fingerprint density at radius 2 is 1.26 bits per heavy atom. The number of rotatable bonds is 8. The number of esters is 3. The molecule has 34 heavy (non-hydrogen) atoms. The van der Waals surface area contributed by atoms with Crippen LogP contribution in [0.2, 0.25) is 0 Å². The van der Waals surface area contributed by atoms with Gasteiger partial charge in [0.25, 0.3) is 0 Å². The molecule has 0 unspecified atom stereocenters. The first kappa shape index (κ1) is 26.3. The zero-order chi connectivity index (χ0) is 24.8. The van der Waals surface area contributed by atoms with Crippen molar-refractivity contribution in [3.63, 3.8) is 0 Å². The largest absolute Gasteiger partial charge is 0.461 e. The molecular weight excluding hydrogens is 436 g/mol. The fraction of sp³-hybridized carbons (Fsp3) is 0.222. The number of aliphatic hydroxyl groups excluding tert-OH is 1. The molecule has 0 aliphatic carbocycles. The molecule has 3 aromatic carbocycles. The van der Waals surface area contributed by atoms with Gasteiger partial charge in [-0.15, -0.1) is 0 Å². The number of hydrogen-bond donors (Lipinski definition) is 1. The summed E-state index contributed by atoms with van der Waals surface area (Å²) in [4.78, 5) is 34.2. The van der Waals surface area contributed by atoms with Crippen molar-refractivity contribution in [3.05, 3.63) is 95.6 Å². The lowest BCUT2D eigenvalue weighted by molar-refractivity contribution is -0.145. The van der Waals surface area contributed by atoms with E-state index in [1.807, 2.05) is 60.7 Å². The van der Waals surface area contributed by atoms with Gasteiger partial charge in [-0.1, -0.05) is 66.7 Å². The molecule has 0 radical (unpaired) electrons. The fourth-order valence-corrected chi connectivity index (χ4v) is 2.82. The third-order valence-electron chi connectivity index (χ3n) is 4.40. The minimum Gasteiger partial charge on any atom is -0.461 e. The highest BCUT2D eigenvalue weighted by molar-refractivity contribution is 5.74. The maximum Gasteiger partial charge on any atom is 0.308 e. The first-order valence-corrected chi connectivity index (χ1v) is 10.7. The van der Waals surface area contributed by atoms with Crippen molar-refractivity contribution < 1.29 is 33.7 Å². The molecule has 3 aromatic rings. The van der Waals surface area contributed by atoms with Gasteiger partial charge in [0.05, 0.1) is 6.61 Å². The van der Waals surface area contributed by atoms with Crippen LogP contribution in [0.1, 0.15) is 37.0 Å². The molecule has 0 saturated heterocycles. The highest BCUT2D eigenvalue weighted by atomic mass is 16.6. The number of carbonyl (C=O) groups excluding carboxylic acids is 3. The Bertz CT molecular complexity index is 1060. The summed E-state index contributed by atoms with van der Waals surface area (Å²) in [6.45, 7) is 2.88. The molecule has 0 aromatic heterocycles. The van der Waals surface area contributed by atoms with Gasteiger partial charge < -0.3 is 19.3 Å². The highest BCUT2D eigenvalue weighted by Gasteiger charge is 2.12. The quantitative estimate of drug-likeness (QED) is 0.390. The van der Waals surface area contributed by atoms with Crippen LogP contribution in [0.15, 0.2) is 78.9 Å². The van der Waals surface area contributed by atoms with E-state index in [9.17, 15) is 14.4 Å². The molecule has 0 fully saturated rings. The van der Waals surface area contributed by atoms with Crippen molar-refractivity contribution in [3.8, 4) is 11.5 Å². The summed E-state index contributed by atoms with van der Waals surface area (Å²) >= 11 is 0. The van der Waals surface area contributed by atoms with Crippen LogP contribution in [-0.4, -0.2) is 23.0 Å². The maximum atomic E-state index is 11.9. The number of benzene rings is 3. The van der Waals surface area contributed by atoms with Gasteiger partial charge in [-0.2, -0.15) is 0 Å². The fourth-order valence-electron chi connectivity index (χ4n) is 2.82. The van der Waals surface area contributed by atoms with Gasteiger partial charge in [0.1, 0.15) is 6.61 Å². The molecule has 178 valence electrons. The van der Waals surface area contributed by atoms with E-state index in [1.54, 1.807) is 12.1 Å². The summed E-state index contributed by atoms with van der Waals surface area (Å²) in [5, 5.41) is 8.54. The molecule has 7 heteroatoms. The predicted octanol–water partition coefficient (Wildman–Crippen LogP) is 4.39. The van der Waals surface area contributed by atoms with E-state index < -0.39 is 11.9 Å². The molecule has 0 aliphatic heterocycles. The Morgan fingerprint density at radius 3 is 1.79 bits per heavy atom. The molecule has 0 aliphatic rings. The van der Waals surface area contributed by atoms with Gasteiger partial charge in [0, 0.05) is 20.3 Å². The third kappa shape index (κ3) is 10.1. The number of aryl methyl sites for hydroxylation is 1. The normalized spacial score (nSPS) is 9.85. The summed E-state index contributed by atoms with van der Waals surface area (Å²) < 4.78 is 15.3. The molecule has 7 nitrogen and oxygen atoms in total. The van der Waals surface area contributed by atoms with Crippen LogP contribution in [0.5, 0.6) is 11.5 Å². The van der Waals surface area contributed by atoms with Crippen molar-refractivity contribution >= 4 is 17.9 Å². The number of ether oxygens (including phenoxy) is 3. The van der Waals surface area contributed by atoms with E-state index in [4.69, 9.17) is 19.3 Å². The molecule has 0 amide bonds. The van der Waals surface area contributed by atoms with Crippen molar-refractivity contribution in [2.24, 2.45) is 0 Å². The summed E-state index contributed by atoms with van der Waals surface area (Å²) in [5.41, 5.74) is 2.64. The first-order valence-electron chi connectivity index (χ1n) is 10.7. The van der Waals surface area contributed by atoms with E-state index in [2.05, 4.69) is 0 Å². The van der Waals surface area contributed by atoms with E-state index >= 15 is 0 Å². The number of aliphatic hydroxyl groups is 1. The highest BCUT2D eigenvalue weighted by Crippen LogP contribution is 2.29. The van der Waals surface area contributed by atoms with Crippen LogP contribution < -0.4 is 9.47 Å². The number of carbonyl (C=O) groups is 3. The average Bonchev–Trinajstić information content (AvgIpc) is 2.84. The van der Waals surface area contributed by atoms with Crippen LogP contribution in [0.3, 0.4) is 0 Å². The molecular formula is C27H28O7. The van der Waals surface area contributed by atoms with Crippen molar-refractivity contribution in [2.45, 2.75) is 39.9 Å². The third-order valence-corrected chi connectivity index (χ3v) is 4.40. The Balaban J connectivity index is 0.000000430. The van der Waals surface area contributed by atoms with Crippen LogP contribution in [-0.2, 0) is 38.8 Å². The molecule has 1 N–H and O–H groups in total. The zero-order valence-corrected chi connectivity index (χ0v) is 19.2. The summed E-state index contributed by atoms with van der Waals surface area (Å²) in [6, 6.07) is 23.7. The average molecular weight is 465 g/mol. The standard InChI is InChI=1S/C20H20O6.C7H8O/c1-14(21)25-18-10-8-16(12-19(18)26-15(2)22)9-11-20(23)24-13-17-6-4-3-5-7-17;8-6-7-4-2-1-3-5-7/h3-8,10,12H,9,11,13H2,1-2H3;1-5,8H,6H2. The molecule has 0 bridgehead atoms. The van der Waals surface area contributed by atoms with Gasteiger partial charge in [-0.3, -0.25) is 14.4 Å². The van der Waals surface area contributed by atoms with Gasteiger partial charge in [0.15, 0.2) is 11.5 Å². The van der Waals surface area contributed by atoms with Crippen molar-refractivity contribution in [2.75, 3.05) is 0 Å². The lowest BCUT2D eigenvalue weighted by Gasteiger charge is -2.10. The Labute approximate surface area is 198 Å². The minimum atomic E-state index is -0.530. The van der Waals surface area contributed by atoms with Gasteiger partial charge >= 0.3 is 17.9 Å². The zero-order valence-electron chi connectivity index (χ0n) is 19.2. The van der Waals surface area contributed by atoms with Crippen LogP contribution in [0, 0.1) is 0 Å².